The smallest absolute Gasteiger partial charge is 0.339 e. The van der Waals surface area contributed by atoms with Crippen LogP contribution in [0, 0.1) is 5.82 Å². The quantitative estimate of drug-likeness (QED) is 0.485. The van der Waals surface area contributed by atoms with E-state index in [1.54, 1.807) is 12.1 Å². The number of para-hydroxylation sites is 1. The lowest BCUT2D eigenvalue weighted by Crippen LogP contribution is -2.10. The molecule has 29 heavy (non-hydrogen) atoms. The fourth-order valence-electron chi connectivity index (χ4n) is 3.67. The fraction of sp³-hybridized carbons (Fsp3) is 0.182. The van der Waals surface area contributed by atoms with Crippen LogP contribution in [0.5, 0.6) is 0 Å². The molecule has 2 aromatic carbocycles. The third-order valence-electron chi connectivity index (χ3n) is 5.02. The molecule has 0 saturated heterocycles. The standard InChI is InChI=1S/C22H16FN3O3/c23-14-10-8-13(9-11-14)21-25-19(29-26-21)12-28-22(27)20-15-4-1-2-6-17(15)24-18-7-3-5-16(18)20/h1-2,4,6,8-11H,3,5,7,12H2. The van der Waals surface area contributed by atoms with E-state index in [0.717, 1.165) is 41.4 Å². The van der Waals surface area contributed by atoms with Gasteiger partial charge < -0.3 is 9.26 Å². The van der Waals surface area contributed by atoms with Crippen molar-refractivity contribution >= 4 is 16.9 Å². The number of ether oxygens (including phenoxy) is 1. The van der Waals surface area contributed by atoms with E-state index in [1.165, 1.54) is 12.1 Å². The first-order chi connectivity index (χ1) is 14.2. The number of aryl methyl sites for hydroxylation is 1. The molecule has 0 fully saturated rings. The van der Waals surface area contributed by atoms with E-state index in [9.17, 15) is 9.18 Å². The van der Waals surface area contributed by atoms with Gasteiger partial charge in [-0.05, 0) is 55.2 Å². The van der Waals surface area contributed by atoms with Gasteiger partial charge in [0.25, 0.3) is 5.89 Å². The van der Waals surface area contributed by atoms with Crippen LogP contribution in [-0.4, -0.2) is 21.1 Å². The molecule has 0 N–H and O–H groups in total. The Balaban J connectivity index is 1.39. The summed E-state index contributed by atoms with van der Waals surface area (Å²) in [6.07, 6.45) is 2.65. The van der Waals surface area contributed by atoms with Crippen LogP contribution in [0.1, 0.15) is 33.9 Å². The van der Waals surface area contributed by atoms with Crippen LogP contribution < -0.4 is 0 Å². The minimum absolute atomic E-state index is 0.140. The summed E-state index contributed by atoms with van der Waals surface area (Å²) < 4.78 is 23.7. The Hall–Kier alpha value is -3.61. The lowest BCUT2D eigenvalue weighted by molar-refractivity contribution is 0.0431. The summed E-state index contributed by atoms with van der Waals surface area (Å²) in [6.45, 7) is -0.140. The van der Waals surface area contributed by atoms with E-state index < -0.39 is 5.97 Å². The number of benzene rings is 2. The third-order valence-corrected chi connectivity index (χ3v) is 5.02. The summed E-state index contributed by atoms with van der Waals surface area (Å²) >= 11 is 0. The largest absolute Gasteiger partial charge is 0.452 e. The molecular formula is C22H16FN3O3. The Morgan fingerprint density at radius 3 is 2.76 bits per heavy atom. The first-order valence-corrected chi connectivity index (χ1v) is 9.35. The summed E-state index contributed by atoms with van der Waals surface area (Å²) in [5.41, 5.74) is 3.90. The second-order valence-corrected chi connectivity index (χ2v) is 6.88. The number of nitrogens with zero attached hydrogens (tertiary/aromatic N) is 3. The monoisotopic (exact) mass is 389 g/mol. The molecule has 2 heterocycles. The molecule has 7 heteroatoms. The Labute approximate surface area is 165 Å². The Bertz CT molecular complexity index is 1220. The van der Waals surface area contributed by atoms with Gasteiger partial charge in [-0.15, -0.1) is 0 Å². The van der Waals surface area contributed by atoms with Gasteiger partial charge >= 0.3 is 5.97 Å². The van der Waals surface area contributed by atoms with Crippen LogP contribution in [0.25, 0.3) is 22.3 Å². The molecule has 0 unspecified atom stereocenters. The number of halogens is 1. The maximum Gasteiger partial charge on any atom is 0.339 e. The zero-order valence-electron chi connectivity index (χ0n) is 15.4. The Morgan fingerprint density at radius 2 is 1.90 bits per heavy atom. The van der Waals surface area contributed by atoms with E-state index in [1.807, 2.05) is 24.3 Å². The maximum absolute atomic E-state index is 13.1. The average Bonchev–Trinajstić information content (AvgIpc) is 3.40. The molecule has 4 aromatic rings. The molecule has 0 saturated carbocycles. The normalized spacial score (nSPS) is 12.9. The fourth-order valence-corrected chi connectivity index (χ4v) is 3.67. The van der Waals surface area contributed by atoms with Crippen LogP contribution in [0.2, 0.25) is 0 Å². The highest BCUT2D eigenvalue weighted by atomic mass is 19.1. The lowest BCUT2D eigenvalue weighted by atomic mass is 10.0. The van der Waals surface area contributed by atoms with Gasteiger partial charge in [0.1, 0.15) is 5.82 Å². The highest BCUT2D eigenvalue weighted by molar-refractivity contribution is 6.05. The molecule has 1 aliphatic carbocycles. The van der Waals surface area contributed by atoms with Crippen molar-refractivity contribution in [3.63, 3.8) is 0 Å². The second-order valence-electron chi connectivity index (χ2n) is 6.88. The number of aromatic nitrogens is 3. The first-order valence-electron chi connectivity index (χ1n) is 9.35. The molecule has 0 amide bonds. The van der Waals surface area contributed by atoms with Crippen molar-refractivity contribution in [2.24, 2.45) is 0 Å². The molecule has 1 aliphatic rings. The van der Waals surface area contributed by atoms with Crippen LogP contribution in [0.15, 0.2) is 53.1 Å². The minimum atomic E-state index is -0.428. The zero-order valence-corrected chi connectivity index (χ0v) is 15.4. The van der Waals surface area contributed by atoms with Gasteiger partial charge in [-0.25, -0.2) is 9.18 Å². The molecule has 5 rings (SSSR count). The van der Waals surface area contributed by atoms with Gasteiger partial charge in [-0.1, -0.05) is 23.4 Å². The molecule has 0 atom stereocenters. The molecule has 0 spiro atoms. The molecule has 0 radical (unpaired) electrons. The number of hydrogen-bond donors (Lipinski definition) is 0. The summed E-state index contributed by atoms with van der Waals surface area (Å²) in [4.78, 5) is 21.8. The van der Waals surface area contributed by atoms with Crippen molar-refractivity contribution in [1.29, 1.82) is 0 Å². The SMILES string of the molecule is O=C(OCc1nc(-c2ccc(F)cc2)no1)c1c2c(nc3ccccc13)CCC2. The number of rotatable bonds is 4. The van der Waals surface area contributed by atoms with Crippen molar-refractivity contribution < 1.29 is 18.4 Å². The van der Waals surface area contributed by atoms with E-state index in [4.69, 9.17) is 9.26 Å². The number of esters is 1. The van der Waals surface area contributed by atoms with Gasteiger partial charge in [0.05, 0.1) is 11.1 Å². The number of fused-ring (bicyclic) bond motifs is 2. The topological polar surface area (TPSA) is 78.1 Å². The van der Waals surface area contributed by atoms with Crippen LogP contribution in [-0.2, 0) is 24.2 Å². The van der Waals surface area contributed by atoms with E-state index >= 15 is 0 Å². The lowest BCUT2D eigenvalue weighted by Gasteiger charge is -2.11. The predicted molar refractivity (Wildman–Crippen MR) is 103 cm³/mol. The molecule has 0 bridgehead atoms. The predicted octanol–water partition coefficient (Wildman–Crippen LogP) is 4.27. The number of carbonyl (C=O) groups excluding carboxylic acids is 1. The van der Waals surface area contributed by atoms with Crippen molar-refractivity contribution in [2.45, 2.75) is 25.9 Å². The van der Waals surface area contributed by atoms with Gasteiger partial charge in [0.15, 0.2) is 6.61 Å². The summed E-state index contributed by atoms with van der Waals surface area (Å²) in [5.74, 6) is -0.286. The molecule has 2 aromatic heterocycles. The molecule has 6 nitrogen and oxygen atoms in total. The van der Waals surface area contributed by atoms with E-state index in [0.29, 0.717) is 17.0 Å². The van der Waals surface area contributed by atoms with E-state index in [2.05, 4.69) is 15.1 Å². The first kappa shape index (κ1) is 17.5. The van der Waals surface area contributed by atoms with Gasteiger partial charge in [0.2, 0.25) is 5.82 Å². The van der Waals surface area contributed by atoms with Crippen LogP contribution in [0.4, 0.5) is 4.39 Å². The number of hydrogen-bond acceptors (Lipinski definition) is 6. The molecular weight excluding hydrogens is 373 g/mol. The van der Waals surface area contributed by atoms with Gasteiger partial charge in [-0.3, -0.25) is 4.98 Å². The Morgan fingerprint density at radius 1 is 1.07 bits per heavy atom. The average molecular weight is 389 g/mol. The van der Waals surface area contributed by atoms with Crippen molar-refractivity contribution in [3.05, 3.63) is 77.1 Å². The van der Waals surface area contributed by atoms with Crippen LogP contribution in [0.3, 0.4) is 0 Å². The van der Waals surface area contributed by atoms with Crippen molar-refractivity contribution in [2.75, 3.05) is 0 Å². The van der Waals surface area contributed by atoms with E-state index in [-0.39, 0.29) is 18.3 Å². The number of pyridine rings is 1. The minimum Gasteiger partial charge on any atom is -0.452 e. The zero-order chi connectivity index (χ0) is 19.8. The third kappa shape index (κ3) is 3.24. The summed E-state index contributed by atoms with van der Waals surface area (Å²) in [6, 6.07) is 13.3. The second kappa shape index (κ2) is 7.09. The highest BCUT2D eigenvalue weighted by Crippen LogP contribution is 2.30. The Kier molecular flexibility index (Phi) is 4.27. The van der Waals surface area contributed by atoms with Gasteiger partial charge in [-0.2, -0.15) is 4.98 Å². The van der Waals surface area contributed by atoms with Crippen molar-refractivity contribution in [1.82, 2.24) is 15.1 Å². The summed E-state index contributed by atoms with van der Waals surface area (Å²) in [5, 5.41) is 4.65. The maximum atomic E-state index is 13.1. The van der Waals surface area contributed by atoms with Crippen LogP contribution >= 0.6 is 0 Å². The molecule has 144 valence electrons. The number of carbonyl (C=O) groups is 1. The summed E-state index contributed by atoms with van der Waals surface area (Å²) in [7, 11) is 0. The highest BCUT2D eigenvalue weighted by Gasteiger charge is 2.25. The van der Waals surface area contributed by atoms with Crippen molar-refractivity contribution in [3.8, 4) is 11.4 Å². The molecule has 0 aliphatic heterocycles. The van der Waals surface area contributed by atoms with Gasteiger partial charge in [0, 0.05) is 16.6 Å².